The Labute approximate surface area is 181 Å². The zero-order valence-corrected chi connectivity index (χ0v) is 18.2. The van der Waals surface area contributed by atoms with Crippen LogP contribution in [0.2, 0.25) is 4.34 Å². The number of thiophene rings is 1. The number of benzene rings is 2. The van der Waals surface area contributed by atoms with Gasteiger partial charge in [0.15, 0.2) is 15.6 Å². The van der Waals surface area contributed by atoms with Crippen LogP contribution < -0.4 is 5.32 Å². The first kappa shape index (κ1) is 20.7. The quantitative estimate of drug-likeness (QED) is 0.571. The Bertz CT molecular complexity index is 1330. The van der Waals surface area contributed by atoms with Gasteiger partial charge in [-0.15, -0.1) is 11.3 Å². The Balaban J connectivity index is 1.93. The smallest absolute Gasteiger partial charge is 0.243 e. The normalized spacial score (nSPS) is 18.8. The summed E-state index contributed by atoms with van der Waals surface area (Å²) in [4.78, 5) is 26.6. The van der Waals surface area contributed by atoms with Gasteiger partial charge in [-0.25, -0.2) is 12.8 Å². The Morgan fingerprint density at radius 2 is 1.77 bits per heavy atom. The highest BCUT2D eigenvalue weighted by atomic mass is 35.5. The number of nitrogens with one attached hydrogen (secondary N) is 1. The summed E-state index contributed by atoms with van der Waals surface area (Å²) in [6.07, 6.45) is 1.05. The van der Waals surface area contributed by atoms with Gasteiger partial charge in [-0.3, -0.25) is 9.59 Å². The number of hydrogen-bond acceptors (Lipinski definition) is 5. The molecule has 1 aliphatic heterocycles. The molecule has 1 amide bonds. The van der Waals surface area contributed by atoms with Gasteiger partial charge in [0, 0.05) is 11.8 Å². The average Bonchev–Trinajstić information content (AvgIpc) is 3.01. The number of amides is 1. The molecule has 1 aromatic heterocycles. The predicted octanol–water partition coefficient (Wildman–Crippen LogP) is 4.70. The van der Waals surface area contributed by atoms with Crippen molar-refractivity contribution in [3.05, 3.63) is 69.8 Å². The first-order chi connectivity index (χ1) is 14.0. The minimum Gasteiger partial charge on any atom is -0.316 e. The summed E-state index contributed by atoms with van der Waals surface area (Å²) in [6, 6.07) is 11.4. The second-order valence-corrected chi connectivity index (χ2v) is 10.8. The molecule has 154 valence electrons. The number of carbonyl (C=O) groups is 2. The van der Waals surface area contributed by atoms with E-state index in [0.717, 1.165) is 17.6 Å². The lowest BCUT2D eigenvalue weighted by molar-refractivity contribution is -0.119. The minimum atomic E-state index is -3.54. The van der Waals surface area contributed by atoms with E-state index in [4.69, 9.17) is 11.6 Å². The van der Waals surface area contributed by atoms with Crippen molar-refractivity contribution in [1.29, 1.82) is 0 Å². The third-order valence-corrected chi connectivity index (χ3v) is 7.60. The Kier molecular flexibility index (Phi) is 4.84. The number of anilines is 1. The van der Waals surface area contributed by atoms with Gasteiger partial charge < -0.3 is 5.32 Å². The summed E-state index contributed by atoms with van der Waals surface area (Å²) in [7, 11) is -3.54. The summed E-state index contributed by atoms with van der Waals surface area (Å²) < 4.78 is 38.0. The second kappa shape index (κ2) is 7.01. The van der Waals surface area contributed by atoms with E-state index in [1.165, 1.54) is 49.4 Å². The van der Waals surface area contributed by atoms with E-state index in [0.29, 0.717) is 11.1 Å². The molecule has 0 spiro atoms. The van der Waals surface area contributed by atoms with E-state index in [9.17, 15) is 22.4 Å². The van der Waals surface area contributed by atoms with Gasteiger partial charge in [0.1, 0.15) is 20.6 Å². The molecule has 1 unspecified atom stereocenters. The molecule has 0 aliphatic carbocycles. The molecular weight excluding hydrogens is 449 g/mol. The summed E-state index contributed by atoms with van der Waals surface area (Å²) >= 11 is 7.40. The van der Waals surface area contributed by atoms with E-state index in [1.807, 2.05) is 0 Å². The van der Waals surface area contributed by atoms with Crippen LogP contribution in [0.5, 0.6) is 0 Å². The van der Waals surface area contributed by atoms with E-state index in [1.54, 1.807) is 6.07 Å². The van der Waals surface area contributed by atoms with E-state index < -0.39 is 32.8 Å². The molecule has 0 saturated carbocycles. The number of halogens is 2. The molecule has 0 radical (unpaired) electrons. The van der Waals surface area contributed by atoms with Crippen LogP contribution in [0.1, 0.15) is 22.8 Å². The number of carbonyl (C=O) groups excluding carboxylic acids is 2. The molecule has 1 N–H and O–H groups in total. The van der Waals surface area contributed by atoms with Crippen molar-refractivity contribution >= 4 is 49.5 Å². The summed E-state index contributed by atoms with van der Waals surface area (Å²) in [6.45, 7) is 1.44. The van der Waals surface area contributed by atoms with Gasteiger partial charge >= 0.3 is 0 Å². The maximum absolute atomic E-state index is 13.8. The number of sulfone groups is 1. The summed E-state index contributed by atoms with van der Waals surface area (Å²) in [5.74, 6) is -1.61. The van der Waals surface area contributed by atoms with Crippen molar-refractivity contribution in [1.82, 2.24) is 0 Å². The Morgan fingerprint density at radius 1 is 1.07 bits per heavy atom. The van der Waals surface area contributed by atoms with Crippen LogP contribution in [0.4, 0.5) is 9.39 Å². The summed E-state index contributed by atoms with van der Waals surface area (Å²) in [5.41, 5.74) is -0.505. The molecule has 0 fully saturated rings. The lowest BCUT2D eigenvalue weighted by Crippen LogP contribution is -2.48. The SMILES string of the molecule is CC1(c2cccc(S(C)(=O)=O)c2)C(=O)Nc2sc(Cl)c(-c3cccc(F)c3)c2C1=O. The molecule has 30 heavy (non-hydrogen) atoms. The Morgan fingerprint density at radius 3 is 2.43 bits per heavy atom. The Hall–Kier alpha value is -2.55. The van der Waals surface area contributed by atoms with Crippen LogP contribution in [0, 0.1) is 5.82 Å². The molecule has 3 aromatic rings. The van der Waals surface area contributed by atoms with Gasteiger partial charge in [-0.2, -0.15) is 0 Å². The number of ketones is 1. The molecule has 2 heterocycles. The zero-order valence-electron chi connectivity index (χ0n) is 15.8. The number of fused-ring (bicyclic) bond motifs is 1. The van der Waals surface area contributed by atoms with Crippen molar-refractivity contribution < 1.29 is 22.4 Å². The van der Waals surface area contributed by atoms with Crippen molar-refractivity contribution in [2.45, 2.75) is 17.2 Å². The first-order valence-electron chi connectivity index (χ1n) is 8.78. The molecule has 1 atom stereocenters. The molecule has 1 aliphatic rings. The van der Waals surface area contributed by atoms with E-state index in [-0.39, 0.29) is 25.4 Å². The maximum Gasteiger partial charge on any atom is 0.243 e. The van der Waals surface area contributed by atoms with Crippen LogP contribution in [0.3, 0.4) is 0 Å². The highest BCUT2D eigenvalue weighted by Gasteiger charge is 2.49. The highest BCUT2D eigenvalue weighted by Crippen LogP contribution is 2.49. The number of rotatable bonds is 3. The minimum absolute atomic E-state index is 0.00123. The fraction of sp³-hybridized carbons (Fsp3) is 0.143. The van der Waals surface area contributed by atoms with Crippen molar-refractivity contribution in [3.8, 4) is 11.1 Å². The topological polar surface area (TPSA) is 80.3 Å². The zero-order chi connectivity index (χ0) is 21.8. The van der Waals surface area contributed by atoms with Gasteiger partial charge in [-0.05, 0) is 42.3 Å². The maximum atomic E-state index is 13.8. The molecule has 0 bridgehead atoms. The van der Waals surface area contributed by atoms with Crippen LogP contribution >= 0.6 is 22.9 Å². The third kappa shape index (κ3) is 3.15. The monoisotopic (exact) mass is 463 g/mol. The van der Waals surface area contributed by atoms with Crippen molar-refractivity contribution in [3.63, 3.8) is 0 Å². The molecule has 2 aromatic carbocycles. The van der Waals surface area contributed by atoms with Gasteiger partial charge in [0.25, 0.3) is 0 Å². The lowest BCUT2D eigenvalue weighted by Gasteiger charge is -2.32. The molecular formula is C21H15ClFNO4S2. The van der Waals surface area contributed by atoms with Crippen molar-refractivity contribution in [2.75, 3.05) is 11.6 Å². The number of Topliss-reactive ketones (excluding diaryl/α,β-unsaturated/α-hetero) is 1. The summed E-state index contributed by atoms with van der Waals surface area (Å²) in [5, 5.41) is 3.00. The van der Waals surface area contributed by atoms with Crippen molar-refractivity contribution in [2.24, 2.45) is 0 Å². The third-order valence-electron chi connectivity index (χ3n) is 5.18. The van der Waals surface area contributed by atoms with Crippen LogP contribution in [-0.2, 0) is 20.0 Å². The second-order valence-electron chi connectivity index (χ2n) is 7.17. The van der Waals surface area contributed by atoms with Crippen LogP contribution in [-0.4, -0.2) is 26.4 Å². The molecule has 4 rings (SSSR count). The van der Waals surface area contributed by atoms with E-state index >= 15 is 0 Å². The van der Waals surface area contributed by atoms with Crippen LogP contribution in [0.15, 0.2) is 53.4 Å². The standard InChI is InChI=1S/C21H15ClFNO4S2/c1-21(12-6-4-8-14(10-12)30(2,27)28)17(25)16-15(11-5-3-7-13(23)9-11)18(22)29-19(16)24-20(21)26/h3-10H,1-2H3,(H,24,26). The molecule has 9 heteroatoms. The van der Waals surface area contributed by atoms with Crippen LogP contribution in [0.25, 0.3) is 11.1 Å². The molecule has 0 saturated heterocycles. The average molecular weight is 464 g/mol. The lowest BCUT2D eigenvalue weighted by atomic mass is 9.73. The van der Waals surface area contributed by atoms with Gasteiger partial charge in [0.2, 0.25) is 5.91 Å². The van der Waals surface area contributed by atoms with E-state index in [2.05, 4.69) is 5.32 Å². The first-order valence-corrected chi connectivity index (χ1v) is 11.9. The van der Waals surface area contributed by atoms with Gasteiger partial charge in [-0.1, -0.05) is 35.9 Å². The van der Waals surface area contributed by atoms with Gasteiger partial charge in [0.05, 0.1) is 10.5 Å². The largest absolute Gasteiger partial charge is 0.316 e. The molecule has 5 nitrogen and oxygen atoms in total. The highest BCUT2D eigenvalue weighted by molar-refractivity contribution is 7.90. The predicted molar refractivity (Wildman–Crippen MR) is 115 cm³/mol. The number of hydrogen-bond donors (Lipinski definition) is 1. The fourth-order valence-electron chi connectivity index (χ4n) is 3.49. The fourth-order valence-corrected chi connectivity index (χ4v) is 5.53.